The maximum atomic E-state index is 3.51. The standard InChI is InChI=1S/C13H16BrN/c1-15-12-9-6-7-13(12,8-9)10-2-4-11(14)5-3-10/h2-5,9,12,15H,6-8H2,1H3. The number of rotatable bonds is 2. The van der Waals surface area contributed by atoms with E-state index < -0.39 is 0 Å². The SMILES string of the molecule is CNC1C2CCC1(c1ccc(Br)cc1)C2. The highest BCUT2D eigenvalue weighted by Crippen LogP contribution is 2.59. The van der Waals surface area contributed by atoms with Crippen molar-refractivity contribution in [2.75, 3.05) is 7.05 Å². The van der Waals surface area contributed by atoms with E-state index in [9.17, 15) is 0 Å². The van der Waals surface area contributed by atoms with Crippen LogP contribution in [0.25, 0.3) is 0 Å². The average molecular weight is 266 g/mol. The molecule has 0 radical (unpaired) electrons. The van der Waals surface area contributed by atoms with E-state index in [0.717, 1.165) is 12.0 Å². The van der Waals surface area contributed by atoms with Crippen molar-refractivity contribution in [1.29, 1.82) is 0 Å². The van der Waals surface area contributed by atoms with Crippen LogP contribution >= 0.6 is 15.9 Å². The fourth-order valence-electron chi connectivity index (χ4n) is 3.71. The van der Waals surface area contributed by atoms with Gasteiger partial charge in [-0.05, 0) is 49.9 Å². The molecule has 3 saturated carbocycles. The molecule has 3 fully saturated rings. The molecule has 0 aromatic heterocycles. The Morgan fingerprint density at radius 2 is 2.07 bits per heavy atom. The first-order chi connectivity index (χ1) is 7.26. The summed E-state index contributed by atoms with van der Waals surface area (Å²) in [5.74, 6) is 0.929. The summed E-state index contributed by atoms with van der Waals surface area (Å²) in [6.07, 6.45) is 4.16. The number of benzene rings is 1. The molecular weight excluding hydrogens is 250 g/mol. The minimum atomic E-state index is 0.458. The molecular formula is C13H16BrN. The highest BCUT2D eigenvalue weighted by Gasteiger charge is 2.58. The normalized spacial score (nSPS) is 37.7. The van der Waals surface area contributed by atoms with Gasteiger partial charge in [0.05, 0.1) is 0 Å². The van der Waals surface area contributed by atoms with Crippen molar-refractivity contribution in [2.24, 2.45) is 5.92 Å². The number of likely N-dealkylation sites (N-methyl/N-ethyl adjacent to an activating group) is 1. The van der Waals surface area contributed by atoms with E-state index in [4.69, 9.17) is 0 Å². The molecule has 1 nitrogen and oxygen atoms in total. The zero-order valence-corrected chi connectivity index (χ0v) is 10.5. The van der Waals surface area contributed by atoms with Crippen LogP contribution in [-0.2, 0) is 5.41 Å². The lowest BCUT2D eigenvalue weighted by atomic mass is 9.61. The summed E-state index contributed by atoms with van der Waals surface area (Å²) < 4.78 is 1.18. The van der Waals surface area contributed by atoms with Gasteiger partial charge in [-0.25, -0.2) is 0 Å². The molecule has 0 heterocycles. The predicted molar refractivity (Wildman–Crippen MR) is 66.0 cm³/mol. The molecule has 3 aliphatic carbocycles. The summed E-state index contributed by atoms with van der Waals surface area (Å²) in [5, 5.41) is 3.51. The van der Waals surface area contributed by atoms with Gasteiger partial charge in [0, 0.05) is 15.9 Å². The first-order valence-electron chi connectivity index (χ1n) is 5.69. The van der Waals surface area contributed by atoms with Crippen molar-refractivity contribution >= 4 is 15.9 Å². The Balaban J connectivity index is 1.96. The second-order valence-corrected chi connectivity index (χ2v) is 5.85. The van der Waals surface area contributed by atoms with E-state index in [-0.39, 0.29) is 0 Å². The van der Waals surface area contributed by atoms with Gasteiger partial charge in [0.15, 0.2) is 0 Å². The quantitative estimate of drug-likeness (QED) is 0.867. The topological polar surface area (TPSA) is 12.0 Å². The van der Waals surface area contributed by atoms with Gasteiger partial charge in [0.25, 0.3) is 0 Å². The van der Waals surface area contributed by atoms with Crippen molar-refractivity contribution < 1.29 is 0 Å². The summed E-state index contributed by atoms with van der Waals surface area (Å²) in [5.41, 5.74) is 1.99. The maximum absolute atomic E-state index is 3.51. The molecule has 2 heteroatoms. The number of hydrogen-bond donors (Lipinski definition) is 1. The average Bonchev–Trinajstić information content (AvgIpc) is 2.78. The van der Waals surface area contributed by atoms with Crippen LogP contribution in [0.5, 0.6) is 0 Å². The van der Waals surface area contributed by atoms with Crippen molar-refractivity contribution in [3.63, 3.8) is 0 Å². The van der Waals surface area contributed by atoms with Gasteiger partial charge < -0.3 is 5.32 Å². The fraction of sp³-hybridized carbons (Fsp3) is 0.538. The van der Waals surface area contributed by atoms with Crippen molar-refractivity contribution in [1.82, 2.24) is 5.32 Å². The molecule has 0 spiro atoms. The van der Waals surface area contributed by atoms with Crippen LogP contribution < -0.4 is 5.32 Å². The lowest BCUT2D eigenvalue weighted by Crippen LogP contribution is -2.55. The Morgan fingerprint density at radius 1 is 1.33 bits per heavy atom. The Morgan fingerprint density at radius 3 is 2.67 bits per heavy atom. The molecule has 1 aromatic carbocycles. The highest BCUT2D eigenvalue weighted by atomic mass is 79.9. The number of halogens is 1. The third-order valence-electron chi connectivity index (χ3n) is 4.38. The van der Waals surface area contributed by atoms with Crippen LogP contribution in [0.3, 0.4) is 0 Å². The van der Waals surface area contributed by atoms with Gasteiger partial charge in [-0.2, -0.15) is 0 Å². The highest BCUT2D eigenvalue weighted by molar-refractivity contribution is 9.10. The van der Waals surface area contributed by atoms with Crippen LogP contribution in [0.15, 0.2) is 28.7 Å². The van der Waals surface area contributed by atoms with Crippen molar-refractivity contribution in [2.45, 2.75) is 30.7 Å². The Kier molecular flexibility index (Phi) is 2.18. The summed E-state index contributed by atoms with van der Waals surface area (Å²) in [7, 11) is 2.11. The maximum Gasteiger partial charge on any atom is 0.0190 e. The molecule has 15 heavy (non-hydrogen) atoms. The summed E-state index contributed by atoms with van der Waals surface area (Å²) in [6.45, 7) is 0. The number of hydrogen-bond acceptors (Lipinski definition) is 1. The smallest absolute Gasteiger partial charge is 0.0190 e. The zero-order valence-electron chi connectivity index (χ0n) is 8.96. The van der Waals surface area contributed by atoms with E-state index in [1.54, 1.807) is 0 Å². The Bertz CT molecular complexity index is 369. The first kappa shape index (κ1) is 9.86. The zero-order chi connectivity index (χ0) is 10.5. The van der Waals surface area contributed by atoms with Gasteiger partial charge in [-0.1, -0.05) is 28.1 Å². The lowest BCUT2D eigenvalue weighted by Gasteiger charge is -2.48. The molecule has 3 unspecified atom stereocenters. The largest absolute Gasteiger partial charge is 0.316 e. The molecule has 3 atom stereocenters. The van der Waals surface area contributed by atoms with E-state index >= 15 is 0 Å². The van der Waals surface area contributed by atoms with Crippen LogP contribution in [0, 0.1) is 5.92 Å². The molecule has 4 rings (SSSR count). The van der Waals surface area contributed by atoms with E-state index in [1.165, 1.54) is 29.3 Å². The molecule has 0 aliphatic heterocycles. The van der Waals surface area contributed by atoms with Gasteiger partial charge >= 0.3 is 0 Å². The molecule has 3 aliphatic rings. The van der Waals surface area contributed by atoms with Crippen LogP contribution in [0.2, 0.25) is 0 Å². The van der Waals surface area contributed by atoms with Crippen molar-refractivity contribution in [3.05, 3.63) is 34.3 Å². The first-order valence-corrected chi connectivity index (χ1v) is 6.49. The summed E-state index contributed by atoms with van der Waals surface area (Å²) >= 11 is 3.50. The molecule has 0 saturated heterocycles. The monoisotopic (exact) mass is 265 g/mol. The second kappa shape index (κ2) is 3.33. The van der Waals surface area contributed by atoms with E-state index in [1.807, 2.05) is 0 Å². The molecule has 80 valence electrons. The van der Waals surface area contributed by atoms with Crippen LogP contribution in [-0.4, -0.2) is 13.1 Å². The van der Waals surface area contributed by atoms with Crippen molar-refractivity contribution in [3.8, 4) is 0 Å². The number of fused-ring (bicyclic) bond motifs is 1. The predicted octanol–water partition coefficient (Wildman–Crippen LogP) is 3.09. The van der Waals surface area contributed by atoms with Crippen LogP contribution in [0.4, 0.5) is 0 Å². The van der Waals surface area contributed by atoms with E-state index in [0.29, 0.717) is 5.41 Å². The summed E-state index contributed by atoms with van der Waals surface area (Å²) in [6, 6.07) is 9.63. The van der Waals surface area contributed by atoms with Gasteiger partial charge in [-0.3, -0.25) is 0 Å². The third-order valence-corrected chi connectivity index (χ3v) is 4.91. The van der Waals surface area contributed by atoms with Gasteiger partial charge in [0.2, 0.25) is 0 Å². The van der Waals surface area contributed by atoms with E-state index in [2.05, 4.69) is 52.6 Å². The third kappa shape index (κ3) is 1.24. The fourth-order valence-corrected chi connectivity index (χ4v) is 3.97. The molecule has 2 bridgehead atoms. The summed E-state index contributed by atoms with van der Waals surface area (Å²) in [4.78, 5) is 0. The lowest BCUT2D eigenvalue weighted by molar-refractivity contribution is 0.157. The Hall–Kier alpha value is -0.340. The molecule has 1 aromatic rings. The molecule has 1 N–H and O–H groups in total. The number of nitrogens with one attached hydrogen (secondary N) is 1. The van der Waals surface area contributed by atoms with Gasteiger partial charge in [-0.15, -0.1) is 0 Å². The van der Waals surface area contributed by atoms with Crippen LogP contribution in [0.1, 0.15) is 24.8 Å². The second-order valence-electron chi connectivity index (χ2n) is 4.93. The minimum Gasteiger partial charge on any atom is -0.316 e. The molecule has 0 amide bonds. The Labute approximate surface area is 99.4 Å². The van der Waals surface area contributed by atoms with Gasteiger partial charge in [0.1, 0.15) is 0 Å². The minimum absolute atomic E-state index is 0.458.